The van der Waals surface area contributed by atoms with Crippen molar-refractivity contribution in [1.29, 1.82) is 0 Å². The van der Waals surface area contributed by atoms with E-state index in [1.54, 1.807) is 42.5 Å². The summed E-state index contributed by atoms with van der Waals surface area (Å²) in [5.41, 5.74) is 4.30. The Hall–Kier alpha value is -3.27. The van der Waals surface area contributed by atoms with Gasteiger partial charge in [-0.1, -0.05) is 29.3 Å². The molecule has 2 amide bonds. The molecule has 0 atom stereocenters. The number of nitrogens with one attached hydrogen (secondary N) is 2. The molecule has 0 aliphatic rings. The molecule has 0 aromatic heterocycles. The molecule has 0 saturated carbocycles. The molecule has 36 heavy (non-hydrogen) atoms. The molecule has 0 heterocycles. The third-order valence-electron chi connectivity index (χ3n) is 4.79. The molecule has 11 heteroatoms. The lowest BCUT2D eigenvalue weighted by molar-refractivity contribution is -0.120. The fraction of sp³-hybridized carbons (Fsp3) is 0.160. The van der Waals surface area contributed by atoms with Gasteiger partial charge in [-0.2, -0.15) is 5.10 Å². The average Bonchev–Trinajstić information content (AvgIpc) is 2.88. The van der Waals surface area contributed by atoms with Gasteiger partial charge in [0.15, 0.2) is 11.5 Å². The van der Waals surface area contributed by atoms with Gasteiger partial charge in [0, 0.05) is 5.56 Å². The predicted octanol–water partition coefficient (Wildman–Crippen LogP) is 5.23. The molecule has 188 valence electrons. The zero-order chi connectivity index (χ0) is 26.1. The molecule has 8 nitrogen and oxygen atoms in total. The van der Waals surface area contributed by atoms with Gasteiger partial charge < -0.3 is 19.5 Å². The smallest absolute Gasteiger partial charge is 0.259 e. The van der Waals surface area contributed by atoms with E-state index in [2.05, 4.69) is 31.8 Å². The number of ether oxygens (including phenoxy) is 3. The maximum Gasteiger partial charge on any atom is 0.259 e. The summed E-state index contributed by atoms with van der Waals surface area (Å²) in [6.07, 6.45) is 1.47. The fourth-order valence-corrected chi connectivity index (χ4v) is 3.80. The third-order valence-corrected chi connectivity index (χ3v) is 6.15. The third kappa shape index (κ3) is 7.61. The minimum atomic E-state index is -0.485. The number of hydrazone groups is 1. The van der Waals surface area contributed by atoms with Crippen LogP contribution in [0.25, 0.3) is 0 Å². The Bertz CT molecular complexity index is 1290. The highest BCUT2D eigenvalue weighted by molar-refractivity contribution is 9.10. The van der Waals surface area contributed by atoms with Crippen LogP contribution >= 0.6 is 39.1 Å². The van der Waals surface area contributed by atoms with Crippen LogP contribution in [0.2, 0.25) is 10.0 Å². The van der Waals surface area contributed by atoms with E-state index in [1.165, 1.54) is 26.5 Å². The van der Waals surface area contributed by atoms with Crippen molar-refractivity contribution in [3.8, 4) is 17.2 Å². The molecule has 0 spiro atoms. The van der Waals surface area contributed by atoms with Gasteiger partial charge in [0.2, 0.25) is 0 Å². The van der Waals surface area contributed by atoms with Gasteiger partial charge in [-0.25, -0.2) is 5.43 Å². The normalized spacial score (nSPS) is 10.7. The van der Waals surface area contributed by atoms with Crippen LogP contribution in [0.4, 0.5) is 0 Å². The van der Waals surface area contributed by atoms with Crippen molar-refractivity contribution >= 4 is 57.2 Å². The Labute approximate surface area is 226 Å². The first-order valence-corrected chi connectivity index (χ1v) is 12.0. The Morgan fingerprint density at radius 3 is 2.39 bits per heavy atom. The summed E-state index contributed by atoms with van der Waals surface area (Å²) >= 11 is 15.4. The largest absolute Gasteiger partial charge is 0.493 e. The van der Waals surface area contributed by atoms with E-state index in [0.717, 1.165) is 11.1 Å². The summed E-state index contributed by atoms with van der Waals surface area (Å²) in [7, 11) is 2.98. The van der Waals surface area contributed by atoms with Gasteiger partial charge in [-0.15, -0.1) is 0 Å². The van der Waals surface area contributed by atoms with Crippen LogP contribution in [0.5, 0.6) is 17.2 Å². The Kier molecular flexibility index (Phi) is 9.98. The number of rotatable bonds is 10. The maximum atomic E-state index is 12.3. The molecular weight excluding hydrogens is 573 g/mol. The molecule has 3 rings (SSSR count). The Morgan fingerprint density at radius 2 is 1.69 bits per heavy atom. The first kappa shape index (κ1) is 27.3. The topological polar surface area (TPSA) is 98.2 Å². The van der Waals surface area contributed by atoms with Gasteiger partial charge in [0.05, 0.1) is 41.5 Å². The highest BCUT2D eigenvalue weighted by atomic mass is 79.9. The van der Waals surface area contributed by atoms with Crippen molar-refractivity contribution in [1.82, 2.24) is 10.7 Å². The van der Waals surface area contributed by atoms with Crippen molar-refractivity contribution < 1.29 is 23.8 Å². The molecule has 0 aliphatic heterocycles. The molecule has 0 unspecified atom stereocenters. The summed E-state index contributed by atoms with van der Waals surface area (Å²) in [5, 5.41) is 7.40. The number of benzene rings is 3. The Balaban J connectivity index is 1.48. The molecule has 2 N–H and O–H groups in total. The van der Waals surface area contributed by atoms with Crippen molar-refractivity contribution in [3.05, 3.63) is 85.8 Å². The minimum Gasteiger partial charge on any atom is -0.493 e. The predicted molar refractivity (Wildman–Crippen MR) is 143 cm³/mol. The van der Waals surface area contributed by atoms with E-state index in [9.17, 15) is 9.59 Å². The monoisotopic (exact) mass is 593 g/mol. The highest BCUT2D eigenvalue weighted by Crippen LogP contribution is 2.28. The van der Waals surface area contributed by atoms with Gasteiger partial charge in [0.25, 0.3) is 11.8 Å². The highest BCUT2D eigenvalue weighted by Gasteiger charge is 2.12. The SMILES string of the molecule is COc1ccc(C(=O)NCC(=O)NN=Cc2ccc(OCc3ccc(Cl)c(Cl)c3)c(Br)c2)cc1OC. The van der Waals surface area contributed by atoms with Crippen LogP contribution in [0.1, 0.15) is 21.5 Å². The summed E-state index contributed by atoms with van der Waals surface area (Å²) in [6, 6.07) is 15.4. The number of halogens is 3. The molecule has 3 aromatic rings. The van der Waals surface area contributed by atoms with Crippen LogP contribution < -0.4 is 25.0 Å². The second-order valence-electron chi connectivity index (χ2n) is 7.27. The van der Waals surface area contributed by atoms with Crippen LogP contribution in [-0.4, -0.2) is 38.8 Å². The van der Waals surface area contributed by atoms with Crippen LogP contribution in [0.3, 0.4) is 0 Å². The van der Waals surface area contributed by atoms with Crippen LogP contribution in [0.15, 0.2) is 64.2 Å². The maximum absolute atomic E-state index is 12.3. The van der Waals surface area contributed by atoms with Crippen molar-refractivity contribution in [2.75, 3.05) is 20.8 Å². The lowest BCUT2D eigenvalue weighted by Gasteiger charge is -2.10. The molecule has 0 aliphatic carbocycles. The Morgan fingerprint density at radius 1 is 0.944 bits per heavy atom. The van der Waals surface area contributed by atoms with E-state index in [0.29, 0.717) is 43.9 Å². The summed E-state index contributed by atoms with van der Waals surface area (Å²) < 4.78 is 16.9. The van der Waals surface area contributed by atoms with Gasteiger partial charge in [-0.05, 0) is 75.6 Å². The summed E-state index contributed by atoms with van der Waals surface area (Å²) in [6.45, 7) is 0.0592. The van der Waals surface area contributed by atoms with Gasteiger partial charge in [0.1, 0.15) is 12.4 Å². The first-order valence-electron chi connectivity index (χ1n) is 10.5. The average molecular weight is 595 g/mol. The van der Waals surface area contributed by atoms with E-state index in [-0.39, 0.29) is 6.54 Å². The zero-order valence-corrected chi connectivity index (χ0v) is 22.4. The molecule has 3 aromatic carbocycles. The molecule has 0 saturated heterocycles. The number of amides is 2. The summed E-state index contributed by atoms with van der Waals surface area (Å²) in [4.78, 5) is 24.3. The standard InChI is InChI=1S/C25H22BrCl2N3O5/c1-34-22-8-5-17(11-23(22)35-2)25(33)29-13-24(32)31-30-12-15-4-7-21(18(26)9-15)36-14-16-3-6-19(27)20(28)10-16/h3-12H,13-14H2,1-2H3,(H,29,33)(H,31,32). The number of carbonyl (C=O) groups excluding carboxylic acids is 2. The van der Waals surface area contributed by atoms with E-state index in [4.69, 9.17) is 37.4 Å². The number of methoxy groups -OCH3 is 2. The number of nitrogens with zero attached hydrogens (tertiary/aromatic N) is 1. The lowest BCUT2D eigenvalue weighted by Crippen LogP contribution is -2.34. The lowest BCUT2D eigenvalue weighted by atomic mass is 10.2. The molecule has 0 radical (unpaired) electrons. The number of hydrogen-bond acceptors (Lipinski definition) is 6. The fourth-order valence-electron chi connectivity index (χ4n) is 2.96. The molecule has 0 bridgehead atoms. The van der Waals surface area contributed by atoms with Crippen LogP contribution in [0, 0.1) is 0 Å². The van der Waals surface area contributed by atoms with E-state index in [1.807, 2.05) is 6.07 Å². The van der Waals surface area contributed by atoms with Crippen molar-refractivity contribution in [2.24, 2.45) is 5.10 Å². The van der Waals surface area contributed by atoms with E-state index < -0.39 is 11.8 Å². The van der Waals surface area contributed by atoms with Gasteiger partial charge in [-0.3, -0.25) is 9.59 Å². The second-order valence-corrected chi connectivity index (χ2v) is 8.94. The summed E-state index contributed by atoms with van der Waals surface area (Å²) in [5.74, 6) is 0.617. The quantitative estimate of drug-likeness (QED) is 0.247. The van der Waals surface area contributed by atoms with Crippen molar-refractivity contribution in [3.63, 3.8) is 0 Å². The number of hydrogen-bond donors (Lipinski definition) is 2. The van der Waals surface area contributed by atoms with Crippen LogP contribution in [-0.2, 0) is 11.4 Å². The first-order chi connectivity index (χ1) is 17.3. The zero-order valence-electron chi connectivity index (χ0n) is 19.3. The van der Waals surface area contributed by atoms with Crippen molar-refractivity contribution in [2.45, 2.75) is 6.61 Å². The second kappa shape index (κ2) is 13.2. The van der Waals surface area contributed by atoms with Gasteiger partial charge >= 0.3 is 0 Å². The van der Waals surface area contributed by atoms with E-state index >= 15 is 0 Å². The number of carbonyl (C=O) groups is 2. The minimum absolute atomic E-state index is 0.254. The molecular formula is C25H22BrCl2N3O5. The molecule has 0 fully saturated rings.